The zero-order chi connectivity index (χ0) is 23.7. The highest BCUT2D eigenvalue weighted by molar-refractivity contribution is 8.59. The quantitative estimate of drug-likeness (QED) is 0.136. The summed E-state index contributed by atoms with van der Waals surface area (Å²) in [4.78, 5) is 0. The van der Waals surface area contributed by atoms with Crippen LogP contribution in [0.1, 0.15) is 65.7 Å². The first kappa shape index (κ1) is 29.9. The summed E-state index contributed by atoms with van der Waals surface area (Å²) < 4.78 is 30.6. The first-order chi connectivity index (χ1) is 15.4. The first-order valence-corrected chi connectivity index (χ1v) is 18.9. The lowest BCUT2D eigenvalue weighted by molar-refractivity contribution is -0.0743. The van der Waals surface area contributed by atoms with Crippen molar-refractivity contribution in [2.75, 3.05) is 13.7 Å². The van der Waals surface area contributed by atoms with E-state index in [-0.39, 0.29) is 44.1 Å². The van der Waals surface area contributed by atoms with Crippen LogP contribution in [0.25, 0.3) is 0 Å². The summed E-state index contributed by atoms with van der Waals surface area (Å²) in [5.74, 6) is 0.832. The number of rotatable bonds is 14. The normalized spacial score (nSPS) is 35.6. The number of hydrogen-bond acceptors (Lipinski definition) is 5. The van der Waals surface area contributed by atoms with Crippen LogP contribution in [0, 0.1) is 11.8 Å². The molecule has 5 nitrogen and oxygen atoms in total. The van der Waals surface area contributed by atoms with Crippen molar-refractivity contribution in [2.24, 2.45) is 11.8 Å². The molecule has 2 aliphatic heterocycles. The van der Waals surface area contributed by atoms with Crippen molar-refractivity contribution >= 4 is 42.8 Å². The van der Waals surface area contributed by atoms with Gasteiger partial charge >= 0.3 is 0 Å². The van der Waals surface area contributed by atoms with Crippen LogP contribution in [0.2, 0.25) is 0 Å². The topological polar surface area (TPSA) is 46.2 Å². The minimum absolute atomic E-state index is 0.0484. The van der Waals surface area contributed by atoms with Crippen LogP contribution in [0.15, 0.2) is 12.2 Å². The molecule has 0 spiro atoms. The van der Waals surface area contributed by atoms with Crippen LogP contribution in [0.4, 0.5) is 0 Å². The standard InChI is InChI=1S/C22H45O5P5/c1-6-16(27-28)12-21-22(23-5)18(7-2)20(26-21)13-19-15(4)14(3)11-17(25-19)9-8-10-24-32(30)31-29/h14,16-22,31H,4,6-13,28-30H2,1-3,5H3/t14-,16-,17+,18+,19-,20?,21-,22-,32?/m1/s1. The van der Waals surface area contributed by atoms with Crippen molar-refractivity contribution in [3.8, 4) is 0 Å². The van der Waals surface area contributed by atoms with Crippen LogP contribution in [-0.4, -0.2) is 50.3 Å². The molecule has 2 fully saturated rings. The molecule has 6 unspecified atom stereocenters. The Bertz CT molecular complexity index is 553. The van der Waals surface area contributed by atoms with Gasteiger partial charge in [0.05, 0.1) is 50.8 Å². The minimum atomic E-state index is -0.355. The molecule has 0 N–H and O–H groups in total. The average Bonchev–Trinajstić information content (AvgIpc) is 3.13. The van der Waals surface area contributed by atoms with Gasteiger partial charge in [0.25, 0.3) is 0 Å². The van der Waals surface area contributed by atoms with Crippen LogP contribution < -0.4 is 0 Å². The van der Waals surface area contributed by atoms with Crippen molar-refractivity contribution in [3.63, 3.8) is 0 Å². The van der Waals surface area contributed by atoms with E-state index >= 15 is 0 Å². The molecule has 2 heterocycles. The molecule has 2 aliphatic rings. The Labute approximate surface area is 206 Å². The summed E-state index contributed by atoms with van der Waals surface area (Å²) in [6.45, 7) is 11.9. The monoisotopic (exact) mass is 544 g/mol. The summed E-state index contributed by atoms with van der Waals surface area (Å²) >= 11 is 0. The lowest BCUT2D eigenvalue weighted by Gasteiger charge is -2.38. The molecule has 13 atom stereocenters. The van der Waals surface area contributed by atoms with Gasteiger partial charge in [0.15, 0.2) is 0 Å². The maximum absolute atomic E-state index is 6.60. The van der Waals surface area contributed by atoms with Gasteiger partial charge in [-0.05, 0) is 51.6 Å². The van der Waals surface area contributed by atoms with E-state index in [2.05, 4.69) is 54.7 Å². The van der Waals surface area contributed by atoms with Crippen LogP contribution in [0.5, 0.6) is 0 Å². The molecule has 0 radical (unpaired) electrons. The molecule has 0 amide bonds. The van der Waals surface area contributed by atoms with E-state index in [1.54, 1.807) is 0 Å². The summed E-state index contributed by atoms with van der Waals surface area (Å²) in [5, 5.41) is 0. The van der Waals surface area contributed by atoms with Crippen molar-refractivity contribution < 1.29 is 23.3 Å². The average molecular weight is 544 g/mol. The van der Waals surface area contributed by atoms with Crippen molar-refractivity contribution in [3.05, 3.63) is 12.2 Å². The van der Waals surface area contributed by atoms with Gasteiger partial charge < -0.3 is 23.3 Å². The fraction of sp³-hybridized carbons (Fsp3) is 0.909. The Kier molecular flexibility index (Phi) is 14.7. The smallest absolute Gasteiger partial charge is 0.0886 e. The maximum Gasteiger partial charge on any atom is 0.0886 e. The van der Waals surface area contributed by atoms with E-state index in [1.807, 2.05) is 7.11 Å². The molecule has 2 saturated heterocycles. The van der Waals surface area contributed by atoms with Crippen molar-refractivity contribution in [1.29, 1.82) is 0 Å². The minimum Gasteiger partial charge on any atom is -0.378 e. The molecule has 188 valence electrons. The van der Waals surface area contributed by atoms with Gasteiger partial charge in [-0.15, -0.1) is 8.93 Å². The van der Waals surface area contributed by atoms with Gasteiger partial charge in [0, 0.05) is 35.3 Å². The summed E-state index contributed by atoms with van der Waals surface area (Å²) in [5.41, 5.74) is 1.21. The second-order valence-electron chi connectivity index (χ2n) is 9.01. The molecule has 10 heteroatoms. The number of methoxy groups -OCH3 is 1. The third-order valence-electron chi connectivity index (χ3n) is 7.00. The number of hydrogen-bond donors (Lipinski definition) is 0. The highest BCUT2D eigenvalue weighted by atomic mass is 32.6. The van der Waals surface area contributed by atoms with E-state index in [0.717, 1.165) is 59.5 Å². The predicted octanol–water partition coefficient (Wildman–Crippen LogP) is 6.88. The Hall–Kier alpha value is 1.69. The molecule has 0 aromatic rings. The zero-order valence-corrected chi connectivity index (χ0v) is 25.6. The van der Waals surface area contributed by atoms with E-state index in [1.165, 1.54) is 5.57 Å². The lowest BCUT2D eigenvalue weighted by atomic mass is 9.83. The van der Waals surface area contributed by atoms with Gasteiger partial charge in [-0.2, -0.15) is 0 Å². The van der Waals surface area contributed by atoms with E-state index in [9.17, 15) is 0 Å². The third-order valence-corrected chi connectivity index (χ3v) is 16.0. The van der Waals surface area contributed by atoms with E-state index < -0.39 is 0 Å². The molecule has 0 saturated carbocycles. The molecule has 32 heavy (non-hydrogen) atoms. The summed E-state index contributed by atoms with van der Waals surface area (Å²) in [6.07, 6.45) is 7.59. The molecular formula is C22H45O5P5. The van der Waals surface area contributed by atoms with E-state index in [4.69, 9.17) is 23.3 Å². The molecule has 0 aromatic heterocycles. The fourth-order valence-corrected chi connectivity index (χ4v) is 7.25. The molecule has 2 rings (SSSR count). The molecule has 0 aliphatic carbocycles. The van der Waals surface area contributed by atoms with Crippen LogP contribution in [-0.2, 0) is 23.3 Å². The second kappa shape index (κ2) is 15.7. The Balaban J connectivity index is 1.97. The largest absolute Gasteiger partial charge is 0.378 e. The zero-order valence-electron chi connectivity index (χ0n) is 20.2. The maximum atomic E-state index is 6.60. The van der Waals surface area contributed by atoms with Crippen LogP contribution >= 0.6 is 42.8 Å². The van der Waals surface area contributed by atoms with Gasteiger partial charge in [0.2, 0.25) is 0 Å². The first-order valence-electron chi connectivity index (χ1n) is 11.9. The highest BCUT2D eigenvalue weighted by Gasteiger charge is 2.46. The van der Waals surface area contributed by atoms with Gasteiger partial charge in [-0.3, -0.25) is 0 Å². The summed E-state index contributed by atoms with van der Waals surface area (Å²) in [7, 11) is 10.2. The summed E-state index contributed by atoms with van der Waals surface area (Å²) in [6, 6.07) is 0. The van der Waals surface area contributed by atoms with Crippen molar-refractivity contribution in [2.45, 2.75) is 102 Å². The highest BCUT2D eigenvalue weighted by Crippen LogP contribution is 2.66. The van der Waals surface area contributed by atoms with Gasteiger partial charge in [-0.1, -0.05) is 36.3 Å². The van der Waals surface area contributed by atoms with Gasteiger partial charge in [-0.25, -0.2) is 0 Å². The predicted molar refractivity (Wildman–Crippen MR) is 149 cm³/mol. The molecule has 0 aromatic carbocycles. The fourth-order valence-electron chi connectivity index (χ4n) is 5.06. The van der Waals surface area contributed by atoms with Gasteiger partial charge in [0.1, 0.15) is 0 Å². The van der Waals surface area contributed by atoms with Crippen LogP contribution in [0.3, 0.4) is 0 Å². The Morgan fingerprint density at radius 1 is 1.28 bits per heavy atom. The number of ether oxygens (including phenoxy) is 3. The molecule has 0 bridgehead atoms. The molecular weight excluding hydrogens is 499 g/mol. The Morgan fingerprint density at radius 3 is 2.62 bits per heavy atom. The van der Waals surface area contributed by atoms with Crippen molar-refractivity contribution in [1.82, 2.24) is 0 Å². The van der Waals surface area contributed by atoms with E-state index in [0.29, 0.717) is 11.8 Å². The Morgan fingerprint density at radius 2 is 2.03 bits per heavy atom. The lowest BCUT2D eigenvalue weighted by Crippen LogP contribution is -2.38. The SMILES string of the molecule is C=C1[C@H](C)C[C@H](CCCOP(P)PP)O[C@@H]1CC1O[C@H](C[C@@H](CC)OP)[C@H](OC)[C@H]1CC. The second-order valence-corrected chi connectivity index (χ2v) is 17.8. The third kappa shape index (κ3) is 8.67.